The van der Waals surface area contributed by atoms with E-state index in [4.69, 9.17) is 4.42 Å². The van der Waals surface area contributed by atoms with E-state index in [9.17, 15) is 14.4 Å². The molecule has 23 heavy (non-hydrogen) atoms. The van der Waals surface area contributed by atoms with Crippen LogP contribution in [0.5, 0.6) is 0 Å². The lowest BCUT2D eigenvalue weighted by atomic mass is 10.2. The van der Waals surface area contributed by atoms with E-state index >= 15 is 0 Å². The number of hydrogen-bond acceptors (Lipinski definition) is 4. The lowest BCUT2D eigenvalue weighted by molar-refractivity contribution is -0.125. The number of urea groups is 1. The number of amides is 4. The molecular weight excluding hydrogens is 366 g/mol. The minimum Gasteiger partial charge on any atom is -0.444 e. The zero-order valence-electron chi connectivity index (χ0n) is 11.8. The molecule has 1 aliphatic heterocycles. The van der Waals surface area contributed by atoms with Gasteiger partial charge < -0.3 is 15.1 Å². The van der Waals surface area contributed by atoms with Gasteiger partial charge in [0.05, 0.1) is 13.1 Å². The van der Waals surface area contributed by atoms with Crippen molar-refractivity contribution in [2.45, 2.75) is 6.54 Å². The van der Waals surface area contributed by atoms with Gasteiger partial charge in [0.2, 0.25) is 5.91 Å². The van der Waals surface area contributed by atoms with Crippen molar-refractivity contribution in [1.29, 1.82) is 0 Å². The number of hydrogen-bond donors (Lipinski definition) is 2. The Hall–Kier alpha value is -2.61. The van der Waals surface area contributed by atoms with Crippen molar-refractivity contribution in [3.05, 3.63) is 52.4 Å². The standard InChI is InChI=1S/C15H12BrN3O4/c16-12-5-4-11(23-12)14(21)18-10-3-1-2-9(6-10)8-19-13(20)7-17-15(19)22/h1-6H,7-8H2,(H,17,22)(H,18,21). The Labute approximate surface area is 139 Å². The average Bonchev–Trinajstić information content (AvgIpc) is 3.09. The molecule has 0 spiro atoms. The summed E-state index contributed by atoms with van der Waals surface area (Å²) in [7, 11) is 0. The van der Waals surface area contributed by atoms with Gasteiger partial charge in [-0.3, -0.25) is 14.5 Å². The van der Waals surface area contributed by atoms with Gasteiger partial charge in [-0.1, -0.05) is 12.1 Å². The summed E-state index contributed by atoms with van der Waals surface area (Å²) in [5, 5.41) is 5.16. The lowest BCUT2D eigenvalue weighted by Gasteiger charge is -2.13. The molecule has 0 aliphatic carbocycles. The topological polar surface area (TPSA) is 91.7 Å². The fourth-order valence-electron chi connectivity index (χ4n) is 2.17. The summed E-state index contributed by atoms with van der Waals surface area (Å²) in [4.78, 5) is 36.3. The summed E-state index contributed by atoms with van der Waals surface area (Å²) in [5.74, 6) is -0.482. The number of benzene rings is 1. The van der Waals surface area contributed by atoms with Crippen molar-refractivity contribution in [3.63, 3.8) is 0 Å². The van der Waals surface area contributed by atoms with E-state index in [1.165, 1.54) is 0 Å². The molecule has 1 aromatic heterocycles. The van der Waals surface area contributed by atoms with E-state index in [0.717, 1.165) is 10.5 Å². The van der Waals surface area contributed by atoms with E-state index in [0.29, 0.717) is 10.4 Å². The molecule has 0 saturated carbocycles. The number of furan rings is 1. The summed E-state index contributed by atoms with van der Waals surface area (Å²) in [6, 6.07) is 9.70. The maximum absolute atomic E-state index is 12.0. The monoisotopic (exact) mass is 377 g/mol. The highest BCUT2D eigenvalue weighted by molar-refractivity contribution is 9.10. The highest BCUT2D eigenvalue weighted by Gasteiger charge is 2.28. The lowest BCUT2D eigenvalue weighted by Crippen LogP contribution is -2.30. The molecule has 4 amide bonds. The van der Waals surface area contributed by atoms with Gasteiger partial charge in [0.25, 0.3) is 5.91 Å². The van der Waals surface area contributed by atoms with Gasteiger partial charge in [0.15, 0.2) is 10.4 Å². The summed E-state index contributed by atoms with van der Waals surface area (Å²) in [6.45, 7) is 0.170. The number of halogens is 1. The van der Waals surface area contributed by atoms with Crippen LogP contribution in [-0.2, 0) is 11.3 Å². The minimum atomic E-state index is -0.412. The third-order valence-corrected chi connectivity index (χ3v) is 3.69. The van der Waals surface area contributed by atoms with E-state index in [-0.39, 0.29) is 30.7 Å². The molecule has 2 aromatic rings. The Kier molecular flexibility index (Phi) is 4.16. The third kappa shape index (κ3) is 3.42. The van der Waals surface area contributed by atoms with Crippen LogP contribution in [0.2, 0.25) is 0 Å². The zero-order chi connectivity index (χ0) is 16.4. The van der Waals surface area contributed by atoms with Crippen molar-refractivity contribution in [2.24, 2.45) is 0 Å². The quantitative estimate of drug-likeness (QED) is 0.799. The number of nitrogens with zero attached hydrogens (tertiary/aromatic N) is 1. The van der Waals surface area contributed by atoms with Crippen LogP contribution in [0.25, 0.3) is 0 Å². The highest BCUT2D eigenvalue weighted by Crippen LogP contribution is 2.18. The second-order valence-electron chi connectivity index (χ2n) is 4.90. The zero-order valence-corrected chi connectivity index (χ0v) is 13.4. The fourth-order valence-corrected chi connectivity index (χ4v) is 2.48. The van der Waals surface area contributed by atoms with Gasteiger partial charge >= 0.3 is 6.03 Å². The Morgan fingerprint density at radius 2 is 2.13 bits per heavy atom. The summed E-state index contributed by atoms with van der Waals surface area (Å²) < 4.78 is 5.65. The van der Waals surface area contributed by atoms with Crippen LogP contribution in [-0.4, -0.2) is 29.3 Å². The normalized spacial score (nSPS) is 14.0. The molecule has 2 N–H and O–H groups in total. The van der Waals surface area contributed by atoms with Crippen LogP contribution in [0.3, 0.4) is 0 Å². The number of nitrogens with one attached hydrogen (secondary N) is 2. The van der Waals surface area contributed by atoms with Gasteiger partial charge in [-0.2, -0.15) is 0 Å². The molecule has 1 fully saturated rings. The van der Waals surface area contributed by atoms with Crippen LogP contribution >= 0.6 is 15.9 Å². The van der Waals surface area contributed by atoms with Gasteiger partial charge in [0, 0.05) is 5.69 Å². The molecular formula is C15H12BrN3O4. The molecule has 3 rings (SSSR count). The van der Waals surface area contributed by atoms with E-state index in [1.807, 2.05) is 0 Å². The first-order valence-corrected chi connectivity index (χ1v) is 7.56. The van der Waals surface area contributed by atoms with Crippen molar-refractivity contribution in [1.82, 2.24) is 10.2 Å². The van der Waals surface area contributed by atoms with Crippen molar-refractivity contribution >= 4 is 39.5 Å². The predicted molar refractivity (Wildman–Crippen MR) is 84.8 cm³/mol. The second-order valence-corrected chi connectivity index (χ2v) is 5.68. The largest absolute Gasteiger partial charge is 0.444 e. The van der Waals surface area contributed by atoms with E-state index < -0.39 is 6.03 Å². The Morgan fingerprint density at radius 3 is 2.78 bits per heavy atom. The van der Waals surface area contributed by atoms with Gasteiger partial charge in [-0.05, 0) is 45.8 Å². The van der Waals surface area contributed by atoms with Crippen molar-refractivity contribution in [3.8, 4) is 0 Å². The third-order valence-electron chi connectivity index (χ3n) is 3.26. The van der Waals surface area contributed by atoms with Crippen LogP contribution in [0.1, 0.15) is 16.1 Å². The molecule has 1 aliphatic rings. The maximum atomic E-state index is 12.0. The first kappa shape index (κ1) is 15.3. The van der Waals surface area contributed by atoms with Crippen LogP contribution in [0.4, 0.5) is 10.5 Å². The number of anilines is 1. The molecule has 118 valence electrons. The predicted octanol–water partition coefficient (Wildman–Crippen LogP) is 2.35. The number of carbonyl (C=O) groups excluding carboxylic acids is 3. The van der Waals surface area contributed by atoms with Crippen LogP contribution in [0.15, 0.2) is 45.5 Å². The second kappa shape index (κ2) is 6.25. The maximum Gasteiger partial charge on any atom is 0.324 e. The highest BCUT2D eigenvalue weighted by atomic mass is 79.9. The number of rotatable bonds is 4. The van der Waals surface area contributed by atoms with Gasteiger partial charge in [-0.25, -0.2) is 4.79 Å². The minimum absolute atomic E-state index is 0.0165. The first-order chi connectivity index (χ1) is 11.0. The summed E-state index contributed by atoms with van der Waals surface area (Å²) in [6.07, 6.45) is 0. The molecule has 0 atom stereocenters. The van der Waals surface area contributed by atoms with Gasteiger partial charge in [-0.15, -0.1) is 0 Å². The van der Waals surface area contributed by atoms with Crippen LogP contribution < -0.4 is 10.6 Å². The first-order valence-electron chi connectivity index (χ1n) is 6.77. The Morgan fingerprint density at radius 1 is 1.30 bits per heavy atom. The molecule has 0 unspecified atom stereocenters. The number of carbonyl (C=O) groups is 3. The molecule has 0 radical (unpaired) electrons. The van der Waals surface area contributed by atoms with E-state index in [1.54, 1.807) is 36.4 Å². The average molecular weight is 378 g/mol. The number of imide groups is 1. The Bertz CT molecular complexity index is 771. The van der Waals surface area contributed by atoms with Crippen molar-refractivity contribution in [2.75, 3.05) is 11.9 Å². The molecule has 1 aromatic carbocycles. The molecule has 1 saturated heterocycles. The molecule has 8 heteroatoms. The van der Waals surface area contributed by atoms with E-state index in [2.05, 4.69) is 26.6 Å². The fraction of sp³-hybridized carbons (Fsp3) is 0.133. The van der Waals surface area contributed by atoms with Crippen LogP contribution in [0, 0.1) is 0 Å². The SMILES string of the molecule is O=C(Nc1cccc(CN2C(=O)CNC2=O)c1)c1ccc(Br)o1. The molecule has 0 bridgehead atoms. The summed E-state index contributed by atoms with van der Waals surface area (Å²) in [5.41, 5.74) is 1.28. The summed E-state index contributed by atoms with van der Waals surface area (Å²) >= 11 is 3.14. The van der Waals surface area contributed by atoms with Crippen molar-refractivity contribution < 1.29 is 18.8 Å². The molecule has 2 heterocycles. The molecule has 7 nitrogen and oxygen atoms in total. The van der Waals surface area contributed by atoms with Gasteiger partial charge in [0.1, 0.15) is 0 Å². The Balaban J connectivity index is 1.71. The smallest absolute Gasteiger partial charge is 0.324 e.